The third-order valence-corrected chi connectivity index (χ3v) is 9.93. The van der Waals surface area contributed by atoms with E-state index in [2.05, 4.69) is 47.9 Å². The molecule has 0 bridgehead atoms. The van der Waals surface area contributed by atoms with Crippen LogP contribution in [0, 0.1) is 38.1 Å². The van der Waals surface area contributed by atoms with E-state index in [1.165, 1.54) is 18.3 Å². The van der Waals surface area contributed by atoms with Crippen LogP contribution >= 0.6 is 0 Å². The van der Waals surface area contributed by atoms with Gasteiger partial charge in [0.1, 0.15) is 0 Å². The van der Waals surface area contributed by atoms with E-state index in [0.717, 1.165) is 11.1 Å². The maximum absolute atomic E-state index is 9.27. The molecule has 0 aliphatic rings. The number of aryl methyl sites for hydroxylation is 3. The molecule has 8 aromatic rings. The summed E-state index contributed by atoms with van der Waals surface area (Å²) in [6.07, 6.45) is -0.665. The predicted octanol–water partition coefficient (Wildman–Crippen LogP) is 14.4. The molecule has 0 N–H and O–H groups in total. The minimum atomic E-state index is -2.55. The van der Waals surface area contributed by atoms with Crippen LogP contribution in [0.4, 0.5) is 0 Å². The third-order valence-electron chi connectivity index (χ3n) is 9.93. The zero-order chi connectivity index (χ0) is 53.2. The second-order valence-corrected chi connectivity index (χ2v) is 17.3. The SMILES string of the molecule is [2H]C([2H])([2H])c1c[c-]c(-c2ccc(C([2H])([2H])C(C)(C)C)cn2)cc1-c1ccccc1.[2H]C([2H])([2H])c1ccc2c(n1)oc1c(-c3cc(C(C)(C)C([2H])([2H])c4ccc(C(C)(C)C)cc4)c(C([2H])([2H])[2H])cn3)[c-]ccc12.[Ir]. The summed E-state index contributed by atoms with van der Waals surface area (Å²) in [7, 11) is 0. The first kappa shape index (κ1) is 29.9. The molecule has 0 saturated carbocycles. The van der Waals surface area contributed by atoms with Gasteiger partial charge in [-0.2, -0.15) is 0 Å². The number of hydrogen-bond donors (Lipinski definition) is 0. The molecule has 0 amide bonds. The summed E-state index contributed by atoms with van der Waals surface area (Å²) in [6.45, 7) is 8.03. The molecule has 8 rings (SSSR count). The van der Waals surface area contributed by atoms with Crippen LogP contribution in [0.2, 0.25) is 0 Å². The molecular weight excluding hydrogens is 911 g/mol. The number of aromatic nitrogens is 3. The Morgan fingerprint density at radius 1 is 0.683 bits per heavy atom. The average molecular weight is 981 g/mol. The first-order valence-corrected chi connectivity index (χ1v) is 19.6. The van der Waals surface area contributed by atoms with Gasteiger partial charge in [0.25, 0.3) is 0 Å². The number of rotatable bonds is 7. The Balaban J connectivity index is 0.000000253. The van der Waals surface area contributed by atoms with Crippen LogP contribution in [-0.2, 0) is 43.7 Å². The Morgan fingerprint density at radius 2 is 1.42 bits per heavy atom. The molecule has 4 heterocycles. The van der Waals surface area contributed by atoms with Gasteiger partial charge < -0.3 is 14.4 Å². The number of nitrogens with zero attached hydrogens (tertiary/aromatic N) is 3. The fourth-order valence-corrected chi connectivity index (χ4v) is 6.96. The summed E-state index contributed by atoms with van der Waals surface area (Å²) in [5, 5.41) is 1.29. The molecule has 4 aromatic carbocycles. The standard InChI is InChI=1S/C32H33N2O.C23H24N.Ir/c1-20-19-33-28(26-10-8-9-24-25-16-11-21(2)34-30(25)35-29(24)26)17-27(20)32(6,7)18-22-12-14-23(15-13-22)31(3,4)5;1-17-10-12-20(14-21(17)19-8-6-5-7-9-19)22-13-11-18(16-24-22)15-23(2,3)4;/h8-9,11-17,19H,18H2,1-7H3;5-11,13-14,16H,15H2,1-4H3;/q2*-1;/i1D3,2D3,18D2;1D3,15D2;. The van der Waals surface area contributed by atoms with Crippen molar-refractivity contribution in [1.29, 1.82) is 0 Å². The van der Waals surface area contributed by atoms with Crippen molar-refractivity contribution in [2.75, 3.05) is 0 Å². The van der Waals surface area contributed by atoms with Gasteiger partial charge in [0.15, 0.2) is 0 Å². The van der Waals surface area contributed by atoms with Crippen LogP contribution in [0.1, 0.15) is 112 Å². The van der Waals surface area contributed by atoms with Crippen molar-refractivity contribution in [2.24, 2.45) is 5.41 Å². The number of fused-ring (bicyclic) bond motifs is 3. The largest absolute Gasteiger partial charge is 0.486 e. The van der Waals surface area contributed by atoms with E-state index in [0.29, 0.717) is 55.6 Å². The first-order valence-electron chi connectivity index (χ1n) is 26.1. The van der Waals surface area contributed by atoms with Gasteiger partial charge in [-0.25, -0.2) is 4.98 Å². The maximum atomic E-state index is 9.27. The summed E-state index contributed by atoms with van der Waals surface area (Å²) in [4.78, 5) is 13.1. The summed E-state index contributed by atoms with van der Waals surface area (Å²) in [6, 6.07) is 37.9. The first-order chi connectivity index (χ1) is 33.1. The van der Waals surface area contributed by atoms with Gasteiger partial charge in [-0.05, 0) is 99.6 Å². The Kier molecular flexibility index (Phi) is 8.87. The van der Waals surface area contributed by atoms with Gasteiger partial charge in [-0.1, -0.05) is 152 Å². The molecule has 0 fully saturated rings. The summed E-state index contributed by atoms with van der Waals surface area (Å²) in [5.74, 6) is 0. The molecular formula is C55H57IrN3O-2. The number of furan rings is 1. The molecule has 0 unspecified atom stereocenters. The Hall–Kier alpha value is -5.22. The minimum absolute atomic E-state index is 0. The average Bonchev–Trinajstić information content (AvgIpc) is 3.69. The van der Waals surface area contributed by atoms with Crippen LogP contribution in [0.3, 0.4) is 0 Å². The van der Waals surface area contributed by atoms with Crippen LogP contribution in [-0.4, -0.2) is 15.0 Å². The number of benzene rings is 4. The summed E-state index contributed by atoms with van der Waals surface area (Å²) in [5.41, 5.74) is 4.43. The van der Waals surface area contributed by atoms with Crippen molar-refractivity contribution in [3.05, 3.63) is 173 Å². The number of hydrogen-bond acceptors (Lipinski definition) is 4. The zero-order valence-electron chi connectivity index (χ0n) is 48.1. The molecule has 0 spiro atoms. The third kappa shape index (κ3) is 10.2. The smallest absolute Gasteiger partial charge is 0.216 e. The topological polar surface area (TPSA) is 51.8 Å². The van der Waals surface area contributed by atoms with Crippen molar-refractivity contribution in [1.82, 2.24) is 15.0 Å². The molecule has 5 heteroatoms. The van der Waals surface area contributed by atoms with Crippen LogP contribution in [0.25, 0.3) is 55.7 Å². The molecule has 0 aliphatic heterocycles. The number of pyridine rings is 3. The summed E-state index contributed by atoms with van der Waals surface area (Å²) < 4.78 is 113. The van der Waals surface area contributed by atoms with Gasteiger partial charge in [0, 0.05) is 61.4 Å². The monoisotopic (exact) mass is 981 g/mol. The van der Waals surface area contributed by atoms with E-state index in [9.17, 15) is 2.74 Å². The molecule has 1 radical (unpaired) electrons. The predicted molar refractivity (Wildman–Crippen MR) is 247 cm³/mol. The fourth-order valence-electron chi connectivity index (χ4n) is 6.96. The molecule has 60 heavy (non-hydrogen) atoms. The maximum Gasteiger partial charge on any atom is 0.216 e. The van der Waals surface area contributed by atoms with Gasteiger partial charge in [-0.3, -0.25) is 0 Å². The second kappa shape index (κ2) is 17.8. The van der Waals surface area contributed by atoms with E-state index in [1.54, 1.807) is 74.6 Å². The molecule has 0 saturated heterocycles. The summed E-state index contributed by atoms with van der Waals surface area (Å²) >= 11 is 0. The van der Waals surface area contributed by atoms with Gasteiger partial charge in [0.05, 0.1) is 5.58 Å². The Labute approximate surface area is 389 Å². The van der Waals surface area contributed by atoms with E-state index < -0.39 is 44.1 Å². The molecule has 4 nitrogen and oxygen atoms in total. The quantitative estimate of drug-likeness (QED) is 0.149. The van der Waals surface area contributed by atoms with E-state index in [-0.39, 0.29) is 53.6 Å². The molecule has 4 aromatic heterocycles. The van der Waals surface area contributed by atoms with Crippen molar-refractivity contribution in [3.8, 4) is 33.6 Å². The Bertz CT molecular complexity index is 3240. The van der Waals surface area contributed by atoms with E-state index in [1.807, 2.05) is 63.2 Å². The van der Waals surface area contributed by atoms with Crippen LogP contribution in [0.5, 0.6) is 0 Å². The second-order valence-electron chi connectivity index (χ2n) is 17.3. The van der Waals surface area contributed by atoms with Gasteiger partial charge in [-0.15, -0.1) is 47.5 Å². The van der Waals surface area contributed by atoms with E-state index in [4.69, 9.17) is 19.5 Å². The normalized spacial score (nSPS) is 16.2. The Morgan fingerprint density at radius 3 is 2.08 bits per heavy atom. The molecule has 0 aliphatic carbocycles. The van der Waals surface area contributed by atoms with Crippen LogP contribution in [0.15, 0.2) is 126 Å². The van der Waals surface area contributed by atoms with Crippen molar-refractivity contribution in [3.63, 3.8) is 0 Å². The van der Waals surface area contributed by atoms with Crippen molar-refractivity contribution >= 4 is 22.1 Å². The molecule has 0 atom stereocenters. The molecule has 309 valence electrons. The van der Waals surface area contributed by atoms with Crippen molar-refractivity contribution in [2.45, 2.75) is 99.5 Å². The van der Waals surface area contributed by atoms with E-state index >= 15 is 0 Å². The minimum Gasteiger partial charge on any atom is -0.486 e. The van der Waals surface area contributed by atoms with Gasteiger partial charge in [0.2, 0.25) is 5.71 Å². The zero-order valence-corrected chi connectivity index (χ0v) is 37.5. The van der Waals surface area contributed by atoms with Crippen LogP contribution < -0.4 is 0 Å². The van der Waals surface area contributed by atoms with Gasteiger partial charge >= 0.3 is 0 Å². The van der Waals surface area contributed by atoms with Crippen molar-refractivity contribution < 1.29 is 42.3 Å². The fraction of sp³-hybridized carbons (Fsp3) is 0.291.